The fraction of sp³-hybridized carbons (Fsp3) is 0.583. The van der Waals surface area contributed by atoms with E-state index in [2.05, 4.69) is 4.99 Å². The summed E-state index contributed by atoms with van der Waals surface area (Å²) in [5.41, 5.74) is 10.3. The molecule has 0 saturated carbocycles. The van der Waals surface area contributed by atoms with Crippen LogP contribution in [0.5, 0.6) is 0 Å². The molecule has 0 aliphatic carbocycles. The van der Waals surface area contributed by atoms with Gasteiger partial charge >= 0.3 is 11.9 Å². The van der Waals surface area contributed by atoms with Crippen LogP contribution >= 0.6 is 11.6 Å². The van der Waals surface area contributed by atoms with Crippen LogP contribution in [-0.4, -0.2) is 44.0 Å². The highest BCUT2D eigenvalue weighted by atomic mass is 35.5. The van der Waals surface area contributed by atoms with Gasteiger partial charge in [0.25, 0.3) is 0 Å². The molecule has 0 heterocycles. The van der Waals surface area contributed by atoms with E-state index in [9.17, 15) is 9.59 Å². The number of hydrogen-bond acceptors (Lipinski definition) is 7. The molecule has 0 aliphatic heterocycles. The third-order valence-corrected chi connectivity index (χ3v) is 2.42. The van der Waals surface area contributed by atoms with E-state index >= 15 is 0 Å². The molecular weight excluding hydrogens is 286 g/mol. The largest absolute Gasteiger partial charge is 0.461 e. The summed E-state index contributed by atoms with van der Waals surface area (Å²) in [5, 5.41) is -0.279. The summed E-state index contributed by atoms with van der Waals surface area (Å²) in [4.78, 5) is 27.2. The van der Waals surface area contributed by atoms with Crippen molar-refractivity contribution in [3.63, 3.8) is 0 Å². The molecule has 0 fully saturated rings. The van der Waals surface area contributed by atoms with Crippen molar-refractivity contribution in [2.45, 2.75) is 20.3 Å². The summed E-state index contributed by atoms with van der Waals surface area (Å²) < 4.78 is 9.53. The van der Waals surface area contributed by atoms with E-state index in [0.717, 1.165) is 0 Å². The van der Waals surface area contributed by atoms with Gasteiger partial charge in [0.05, 0.1) is 13.2 Å². The minimum absolute atomic E-state index is 0.142. The number of nitrogens with two attached hydrogens (primary N) is 2. The molecule has 0 atom stereocenters. The molecule has 20 heavy (non-hydrogen) atoms. The standard InChI is InChI=1S/C12H20ClN3O4/c1-3-19-11(17)9(15)8(13)10(12(18)20-4-2)16-7-5-6-14/h3-7,14-15H2,1-2H3/b9-8+,16-10?. The number of rotatable bonds is 8. The van der Waals surface area contributed by atoms with Gasteiger partial charge in [0.15, 0.2) is 5.71 Å². The fourth-order valence-electron chi connectivity index (χ4n) is 1.13. The highest BCUT2D eigenvalue weighted by molar-refractivity contribution is 6.59. The van der Waals surface area contributed by atoms with Crippen molar-refractivity contribution in [2.24, 2.45) is 16.5 Å². The first-order valence-electron chi connectivity index (χ1n) is 6.23. The maximum absolute atomic E-state index is 11.8. The maximum Gasteiger partial charge on any atom is 0.358 e. The van der Waals surface area contributed by atoms with Gasteiger partial charge in [0.1, 0.15) is 10.7 Å². The molecule has 0 aromatic carbocycles. The Morgan fingerprint density at radius 2 is 1.70 bits per heavy atom. The number of carbonyl (C=O) groups is 2. The van der Waals surface area contributed by atoms with Crippen molar-refractivity contribution in [1.82, 2.24) is 0 Å². The topological polar surface area (TPSA) is 117 Å². The van der Waals surface area contributed by atoms with Crippen molar-refractivity contribution in [3.8, 4) is 0 Å². The summed E-state index contributed by atoms with van der Waals surface area (Å²) in [6, 6.07) is 0. The van der Waals surface area contributed by atoms with E-state index in [4.69, 9.17) is 32.5 Å². The third-order valence-electron chi connectivity index (χ3n) is 2.04. The van der Waals surface area contributed by atoms with Crippen LogP contribution in [0.1, 0.15) is 20.3 Å². The monoisotopic (exact) mass is 305 g/mol. The Hall–Kier alpha value is -1.60. The summed E-state index contributed by atoms with van der Waals surface area (Å²) in [5.74, 6) is -1.56. The number of halogens is 1. The van der Waals surface area contributed by atoms with E-state index in [0.29, 0.717) is 13.0 Å². The predicted molar refractivity (Wildman–Crippen MR) is 76.3 cm³/mol. The van der Waals surface area contributed by atoms with Crippen LogP contribution in [0.3, 0.4) is 0 Å². The first kappa shape index (κ1) is 18.4. The number of hydrogen-bond donors (Lipinski definition) is 2. The number of ether oxygens (including phenoxy) is 2. The predicted octanol–water partition coefficient (Wildman–Crippen LogP) is 0.312. The lowest BCUT2D eigenvalue weighted by Crippen LogP contribution is -2.25. The highest BCUT2D eigenvalue weighted by Gasteiger charge is 2.22. The summed E-state index contributed by atoms with van der Waals surface area (Å²) in [6.07, 6.45) is 0.562. The Bertz CT molecular complexity index is 408. The van der Waals surface area contributed by atoms with Crippen LogP contribution in [0.15, 0.2) is 15.7 Å². The number of esters is 2. The van der Waals surface area contributed by atoms with Crippen LogP contribution in [0.2, 0.25) is 0 Å². The lowest BCUT2D eigenvalue weighted by molar-refractivity contribution is -0.138. The number of aliphatic imine (C=N–C) groups is 1. The first-order chi connectivity index (χ1) is 9.49. The second-order valence-electron chi connectivity index (χ2n) is 3.54. The van der Waals surface area contributed by atoms with Gasteiger partial charge in [-0.2, -0.15) is 0 Å². The van der Waals surface area contributed by atoms with Gasteiger partial charge in [-0.1, -0.05) is 11.6 Å². The van der Waals surface area contributed by atoms with Gasteiger partial charge in [-0.25, -0.2) is 9.59 Å². The molecular formula is C12H20ClN3O4. The average molecular weight is 306 g/mol. The van der Waals surface area contributed by atoms with Crippen molar-refractivity contribution in [3.05, 3.63) is 10.7 Å². The van der Waals surface area contributed by atoms with Crippen LogP contribution in [0.25, 0.3) is 0 Å². The molecule has 0 amide bonds. The lowest BCUT2D eigenvalue weighted by Gasteiger charge is -2.08. The molecule has 0 bridgehead atoms. The van der Waals surface area contributed by atoms with E-state index in [-0.39, 0.29) is 36.2 Å². The number of nitrogens with zero attached hydrogens (tertiary/aromatic N) is 1. The van der Waals surface area contributed by atoms with Crippen LogP contribution < -0.4 is 11.5 Å². The molecule has 114 valence electrons. The zero-order valence-electron chi connectivity index (χ0n) is 11.6. The lowest BCUT2D eigenvalue weighted by atomic mass is 10.2. The Balaban J connectivity index is 5.28. The molecule has 0 rings (SSSR count). The van der Waals surface area contributed by atoms with Crippen molar-refractivity contribution < 1.29 is 19.1 Å². The molecule has 0 aromatic rings. The zero-order chi connectivity index (χ0) is 15.5. The van der Waals surface area contributed by atoms with Gasteiger partial charge in [-0.15, -0.1) is 0 Å². The summed E-state index contributed by atoms with van der Waals surface area (Å²) >= 11 is 5.93. The Morgan fingerprint density at radius 3 is 2.20 bits per heavy atom. The normalized spacial score (nSPS) is 12.7. The van der Waals surface area contributed by atoms with Crippen molar-refractivity contribution in [1.29, 1.82) is 0 Å². The number of carbonyl (C=O) groups excluding carboxylic acids is 2. The van der Waals surface area contributed by atoms with Crippen molar-refractivity contribution in [2.75, 3.05) is 26.3 Å². The summed E-state index contributed by atoms with van der Waals surface area (Å²) in [7, 11) is 0. The summed E-state index contributed by atoms with van der Waals surface area (Å²) in [6.45, 7) is 4.24. The van der Waals surface area contributed by atoms with Gasteiger partial charge in [-0.3, -0.25) is 4.99 Å². The van der Waals surface area contributed by atoms with E-state index in [1.807, 2.05) is 0 Å². The smallest absolute Gasteiger partial charge is 0.358 e. The van der Waals surface area contributed by atoms with Crippen molar-refractivity contribution >= 4 is 29.3 Å². The van der Waals surface area contributed by atoms with Crippen LogP contribution in [0, 0.1) is 0 Å². The van der Waals surface area contributed by atoms with Gasteiger partial charge < -0.3 is 20.9 Å². The molecule has 0 unspecified atom stereocenters. The minimum Gasteiger partial charge on any atom is -0.461 e. The second-order valence-corrected chi connectivity index (χ2v) is 3.92. The maximum atomic E-state index is 11.8. The van der Waals surface area contributed by atoms with E-state index < -0.39 is 11.9 Å². The average Bonchev–Trinajstić information content (AvgIpc) is 2.42. The Kier molecular flexibility index (Phi) is 9.40. The molecule has 0 radical (unpaired) electrons. The van der Waals surface area contributed by atoms with Gasteiger partial charge in [0, 0.05) is 6.54 Å². The quantitative estimate of drug-likeness (QED) is 0.288. The highest BCUT2D eigenvalue weighted by Crippen LogP contribution is 2.12. The van der Waals surface area contributed by atoms with Crippen LogP contribution in [0.4, 0.5) is 0 Å². The van der Waals surface area contributed by atoms with Crippen LogP contribution in [-0.2, 0) is 19.1 Å². The van der Waals surface area contributed by atoms with E-state index in [1.165, 1.54) is 0 Å². The fourth-order valence-corrected chi connectivity index (χ4v) is 1.35. The SMILES string of the molecule is CCOC(=O)C(=NCCCN)/C(Cl)=C(\N)C(=O)OCC. The second kappa shape index (κ2) is 10.2. The van der Waals surface area contributed by atoms with E-state index in [1.54, 1.807) is 13.8 Å². The minimum atomic E-state index is -0.812. The van der Waals surface area contributed by atoms with Gasteiger partial charge in [0.2, 0.25) is 0 Å². The molecule has 8 heteroatoms. The molecule has 7 nitrogen and oxygen atoms in total. The molecule has 0 aliphatic rings. The third kappa shape index (κ3) is 6.03. The van der Waals surface area contributed by atoms with Gasteiger partial charge in [-0.05, 0) is 26.8 Å². The molecule has 0 spiro atoms. The molecule has 4 N–H and O–H groups in total. The Labute approximate surface area is 122 Å². The first-order valence-corrected chi connectivity index (χ1v) is 6.61. The molecule has 0 aromatic heterocycles. The zero-order valence-corrected chi connectivity index (χ0v) is 12.4. The Morgan fingerprint density at radius 1 is 1.15 bits per heavy atom. The molecule has 0 saturated heterocycles.